The first-order chi connectivity index (χ1) is 9.45. The van der Waals surface area contributed by atoms with Gasteiger partial charge in [-0.05, 0) is 30.9 Å². The van der Waals surface area contributed by atoms with Crippen LogP contribution < -0.4 is 5.43 Å². The number of nitrogens with one attached hydrogen (secondary N) is 2. The summed E-state index contributed by atoms with van der Waals surface area (Å²) in [4.78, 5) is 0. The minimum absolute atomic E-state index is 0.443. The lowest BCUT2D eigenvalue weighted by Gasteiger charge is -2.09. The molecule has 1 aromatic heterocycles. The van der Waals surface area contributed by atoms with E-state index in [-0.39, 0.29) is 0 Å². The minimum atomic E-state index is 0.443. The van der Waals surface area contributed by atoms with Gasteiger partial charge in [-0.25, -0.2) is 5.43 Å². The van der Waals surface area contributed by atoms with Crippen LogP contribution in [0.3, 0.4) is 0 Å². The first-order valence-electron chi connectivity index (χ1n) is 7.50. The Morgan fingerprint density at radius 1 is 0.842 bits per heavy atom. The molecule has 1 aliphatic carbocycles. The van der Waals surface area contributed by atoms with Gasteiger partial charge < -0.3 is 0 Å². The monoisotopic (exact) mass is 264 g/mol. The summed E-state index contributed by atoms with van der Waals surface area (Å²) in [6, 6.07) is 0. The van der Waals surface area contributed by atoms with Crippen LogP contribution in [0.2, 0.25) is 0 Å². The molecule has 19 heavy (non-hydrogen) atoms. The summed E-state index contributed by atoms with van der Waals surface area (Å²) in [5.41, 5.74) is 4.12. The molecule has 6 nitrogen and oxygen atoms in total. The highest BCUT2D eigenvalue weighted by atomic mass is 15.5. The summed E-state index contributed by atoms with van der Waals surface area (Å²) in [5, 5.41) is 18.0. The zero-order valence-corrected chi connectivity index (χ0v) is 11.6. The highest BCUT2D eigenvalue weighted by molar-refractivity contribution is 5.84. The molecule has 0 amide bonds. The number of rotatable bonds is 2. The Kier molecular flexibility index (Phi) is 6.33. The number of hydrogen-bond acceptors (Lipinski definition) is 5. The Labute approximate surface area is 114 Å². The lowest BCUT2D eigenvalue weighted by atomic mass is 10.00. The summed E-state index contributed by atoms with van der Waals surface area (Å²) in [7, 11) is 0. The topological polar surface area (TPSA) is 78.9 Å². The summed E-state index contributed by atoms with van der Waals surface area (Å²) < 4.78 is 0. The average Bonchev–Trinajstić information content (AvgIpc) is 2.91. The highest BCUT2D eigenvalue weighted by Crippen LogP contribution is 2.15. The molecule has 0 spiro atoms. The first kappa shape index (κ1) is 14.0. The highest BCUT2D eigenvalue weighted by Gasteiger charge is 2.04. The molecule has 1 heterocycles. The second-order valence-corrected chi connectivity index (χ2v) is 5.21. The van der Waals surface area contributed by atoms with Crippen molar-refractivity contribution >= 4 is 11.7 Å². The van der Waals surface area contributed by atoms with Gasteiger partial charge in [0, 0.05) is 5.71 Å². The predicted octanol–water partition coefficient (Wildman–Crippen LogP) is 3.27. The maximum Gasteiger partial charge on any atom is 0.283 e. The number of aromatic nitrogens is 4. The molecule has 1 fully saturated rings. The molecule has 0 bridgehead atoms. The SMILES string of the molecule is C1CCCCCC(=NNc2nn[nH]n2)CCCCC1. The van der Waals surface area contributed by atoms with Crippen molar-refractivity contribution in [2.24, 2.45) is 5.10 Å². The van der Waals surface area contributed by atoms with Crippen molar-refractivity contribution in [3.63, 3.8) is 0 Å². The Hall–Kier alpha value is -1.46. The lowest BCUT2D eigenvalue weighted by molar-refractivity contribution is 0.555. The third-order valence-electron chi connectivity index (χ3n) is 3.59. The normalized spacial score (nSPS) is 19.3. The van der Waals surface area contributed by atoms with E-state index in [4.69, 9.17) is 0 Å². The Morgan fingerprint density at radius 2 is 1.42 bits per heavy atom. The van der Waals surface area contributed by atoms with Crippen LogP contribution in [0, 0.1) is 0 Å². The number of H-pyrrole nitrogens is 1. The van der Waals surface area contributed by atoms with E-state index >= 15 is 0 Å². The van der Waals surface area contributed by atoms with Gasteiger partial charge in [-0.15, -0.1) is 5.10 Å². The van der Waals surface area contributed by atoms with E-state index in [9.17, 15) is 0 Å². The fraction of sp³-hybridized carbons (Fsp3) is 0.846. The van der Waals surface area contributed by atoms with Crippen molar-refractivity contribution in [1.29, 1.82) is 0 Å². The van der Waals surface area contributed by atoms with Gasteiger partial charge in [0.15, 0.2) is 0 Å². The molecular weight excluding hydrogens is 240 g/mol. The molecule has 1 aromatic rings. The zero-order valence-electron chi connectivity index (χ0n) is 11.6. The van der Waals surface area contributed by atoms with Crippen molar-refractivity contribution in [3.8, 4) is 0 Å². The number of hydrazone groups is 1. The van der Waals surface area contributed by atoms with E-state index in [2.05, 4.69) is 31.2 Å². The molecule has 1 aliphatic rings. The molecule has 2 rings (SSSR count). The van der Waals surface area contributed by atoms with E-state index < -0.39 is 0 Å². The largest absolute Gasteiger partial charge is 0.283 e. The summed E-state index contributed by atoms with van der Waals surface area (Å²) in [5.74, 6) is 0.443. The van der Waals surface area contributed by atoms with E-state index in [0.29, 0.717) is 5.95 Å². The van der Waals surface area contributed by atoms with Gasteiger partial charge in [0.05, 0.1) is 0 Å². The Balaban J connectivity index is 1.81. The molecule has 0 aromatic carbocycles. The Bertz CT molecular complexity index is 345. The van der Waals surface area contributed by atoms with Crippen molar-refractivity contribution in [2.45, 2.75) is 70.6 Å². The van der Waals surface area contributed by atoms with Gasteiger partial charge >= 0.3 is 0 Å². The van der Waals surface area contributed by atoms with Crippen LogP contribution in [0.4, 0.5) is 5.95 Å². The number of nitrogens with zero attached hydrogens (tertiary/aromatic N) is 4. The van der Waals surface area contributed by atoms with Crippen LogP contribution in [0.15, 0.2) is 5.10 Å². The third-order valence-corrected chi connectivity index (χ3v) is 3.59. The third kappa shape index (κ3) is 5.81. The van der Waals surface area contributed by atoms with Crippen molar-refractivity contribution in [3.05, 3.63) is 0 Å². The number of tetrazole rings is 1. The molecule has 0 atom stereocenters. The second-order valence-electron chi connectivity index (χ2n) is 5.21. The maximum atomic E-state index is 4.44. The van der Waals surface area contributed by atoms with E-state index in [1.165, 1.54) is 63.5 Å². The molecule has 1 saturated carbocycles. The molecule has 0 saturated heterocycles. The van der Waals surface area contributed by atoms with E-state index in [1.54, 1.807) is 0 Å². The van der Waals surface area contributed by atoms with Gasteiger partial charge in [0.25, 0.3) is 5.95 Å². The van der Waals surface area contributed by atoms with E-state index in [1.807, 2.05) is 0 Å². The quantitative estimate of drug-likeness (QED) is 0.803. The summed E-state index contributed by atoms with van der Waals surface area (Å²) >= 11 is 0. The number of hydrogen-bond donors (Lipinski definition) is 2. The van der Waals surface area contributed by atoms with E-state index in [0.717, 1.165) is 12.8 Å². The van der Waals surface area contributed by atoms with Crippen molar-refractivity contribution < 1.29 is 0 Å². The fourth-order valence-electron chi connectivity index (χ4n) is 2.47. The van der Waals surface area contributed by atoms with Crippen LogP contribution in [0.1, 0.15) is 70.6 Å². The molecule has 0 radical (unpaired) electrons. The molecule has 6 heteroatoms. The second kappa shape index (κ2) is 8.61. The fourth-order valence-corrected chi connectivity index (χ4v) is 2.47. The first-order valence-corrected chi connectivity index (χ1v) is 7.50. The average molecular weight is 264 g/mol. The summed E-state index contributed by atoms with van der Waals surface area (Å²) in [6.07, 6.45) is 14.2. The van der Waals surface area contributed by atoms with Crippen molar-refractivity contribution in [2.75, 3.05) is 5.43 Å². The zero-order chi connectivity index (χ0) is 13.2. The van der Waals surface area contributed by atoms with Crippen LogP contribution in [0.25, 0.3) is 0 Å². The molecular formula is C13H24N6. The Morgan fingerprint density at radius 3 is 1.95 bits per heavy atom. The van der Waals surface area contributed by atoms with Crippen LogP contribution in [0.5, 0.6) is 0 Å². The molecule has 106 valence electrons. The van der Waals surface area contributed by atoms with Crippen LogP contribution >= 0.6 is 0 Å². The van der Waals surface area contributed by atoms with Gasteiger partial charge in [-0.1, -0.05) is 50.0 Å². The standard InChI is InChI=1S/C13H24N6/c1-2-4-6-8-10-12(11-9-7-5-3-1)14-15-13-16-18-19-17-13/h1-11H2,(H2,15,16,17,18,19). The summed E-state index contributed by atoms with van der Waals surface area (Å²) in [6.45, 7) is 0. The molecule has 2 N–H and O–H groups in total. The van der Waals surface area contributed by atoms with Crippen LogP contribution in [-0.4, -0.2) is 26.3 Å². The number of aromatic amines is 1. The smallest absolute Gasteiger partial charge is 0.243 e. The van der Waals surface area contributed by atoms with Crippen LogP contribution in [-0.2, 0) is 0 Å². The van der Waals surface area contributed by atoms with Gasteiger partial charge in [0.2, 0.25) is 0 Å². The van der Waals surface area contributed by atoms with Gasteiger partial charge in [-0.3, -0.25) is 0 Å². The predicted molar refractivity (Wildman–Crippen MR) is 76.0 cm³/mol. The molecule has 0 unspecified atom stereocenters. The molecule has 0 aliphatic heterocycles. The maximum absolute atomic E-state index is 4.44. The number of anilines is 1. The van der Waals surface area contributed by atoms with Crippen molar-refractivity contribution in [1.82, 2.24) is 20.6 Å². The van der Waals surface area contributed by atoms with Gasteiger partial charge in [0.1, 0.15) is 0 Å². The lowest BCUT2D eigenvalue weighted by Crippen LogP contribution is -2.04. The minimum Gasteiger partial charge on any atom is -0.243 e. The van der Waals surface area contributed by atoms with Gasteiger partial charge in [-0.2, -0.15) is 10.3 Å².